The van der Waals surface area contributed by atoms with Crippen molar-refractivity contribution in [3.63, 3.8) is 0 Å². The molecule has 1 atom stereocenters. The van der Waals surface area contributed by atoms with Crippen molar-refractivity contribution >= 4 is 16.6 Å². The van der Waals surface area contributed by atoms with Crippen molar-refractivity contribution < 1.29 is 4.74 Å². The zero-order valence-corrected chi connectivity index (χ0v) is 13.3. The fourth-order valence-corrected chi connectivity index (χ4v) is 4.17. The number of aryl methyl sites for hydroxylation is 1. The second-order valence-electron chi connectivity index (χ2n) is 6.90. The Labute approximate surface area is 132 Å². The molecule has 1 saturated carbocycles. The predicted octanol–water partition coefficient (Wildman–Crippen LogP) is 4.45. The molecule has 2 fully saturated rings. The average Bonchev–Trinajstić information content (AvgIpc) is 2.95. The summed E-state index contributed by atoms with van der Waals surface area (Å²) in [4.78, 5) is 4.64. The van der Waals surface area contributed by atoms with Crippen LogP contribution in [0.4, 0.5) is 5.69 Å². The molecule has 1 aliphatic heterocycles. The minimum atomic E-state index is 0.161. The van der Waals surface area contributed by atoms with Gasteiger partial charge in [0.25, 0.3) is 0 Å². The van der Waals surface area contributed by atoms with E-state index in [1.165, 1.54) is 36.8 Å². The van der Waals surface area contributed by atoms with Crippen molar-refractivity contribution in [2.45, 2.75) is 57.1 Å². The van der Waals surface area contributed by atoms with Crippen LogP contribution >= 0.6 is 0 Å². The Balaban J connectivity index is 1.60. The zero-order chi connectivity index (χ0) is 15.0. The van der Waals surface area contributed by atoms with E-state index < -0.39 is 0 Å². The Morgan fingerprint density at radius 1 is 1.23 bits per heavy atom. The molecule has 2 aliphatic rings. The fourth-order valence-electron chi connectivity index (χ4n) is 4.17. The summed E-state index contributed by atoms with van der Waals surface area (Å²) in [5, 5.41) is 5.02. The van der Waals surface area contributed by atoms with Crippen molar-refractivity contribution in [1.29, 1.82) is 0 Å². The van der Waals surface area contributed by atoms with Gasteiger partial charge in [-0.25, -0.2) is 0 Å². The molecule has 116 valence electrons. The maximum Gasteiger partial charge on any atom is 0.0725 e. The van der Waals surface area contributed by atoms with E-state index in [-0.39, 0.29) is 5.60 Å². The lowest BCUT2D eigenvalue weighted by Gasteiger charge is -2.39. The molecular formula is C19H24N2O. The minimum Gasteiger partial charge on any atom is -0.382 e. The third-order valence-corrected chi connectivity index (χ3v) is 5.21. The molecule has 1 unspecified atom stereocenters. The summed E-state index contributed by atoms with van der Waals surface area (Å²) in [6, 6.07) is 11.1. The number of hydrogen-bond acceptors (Lipinski definition) is 3. The van der Waals surface area contributed by atoms with Gasteiger partial charge in [-0.3, -0.25) is 4.98 Å². The molecule has 4 rings (SSSR count). The molecule has 2 aromatic rings. The summed E-state index contributed by atoms with van der Waals surface area (Å²) in [5.41, 5.74) is 3.54. The van der Waals surface area contributed by atoms with Crippen LogP contribution in [0.15, 0.2) is 30.3 Å². The van der Waals surface area contributed by atoms with Gasteiger partial charge in [-0.2, -0.15) is 0 Å². The van der Waals surface area contributed by atoms with Gasteiger partial charge < -0.3 is 10.1 Å². The molecule has 0 bridgehead atoms. The van der Waals surface area contributed by atoms with Gasteiger partial charge in [-0.05, 0) is 44.7 Å². The molecule has 0 radical (unpaired) electrons. The lowest BCUT2D eigenvalue weighted by Crippen LogP contribution is -2.42. The van der Waals surface area contributed by atoms with E-state index in [0.717, 1.165) is 30.7 Å². The average molecular weight is 296 g/mol. The van der Waals surface area contributed by atoms with Crippen molar-refractivity contribution in [1.82, 2.24) is 4.98 Å². The van der Waals surface area contributed by atoms with Crippen LogP contribution in [0, 0.1) is 6.92 Å². The van der Waals surface area contributed by atoms with E-state index in [4.69, 9.17) is 4.74 Å². The maximum absolute atomic E-state index is 6.15. The summed E-state index contributed by atoms with van der Waals surface area (Å²) < 4.78 is 6.15. The zero-order valence-electron chi connectivity index (χ0n) is 13.3. The summed E-state index contributed by atoms with van der Waals surface area (Å²) in [5.74, 6) is 0. The number of benzene rings is 1. The number of para-hydroxylation sites is 1. The Hall–Kier alpha value is -1.61. The first kappa shape index (κ1) is 14.0. The second-order valence-corrected chi connectivity index (χ2v) is 6.90. The van der Waals surface area contributed by atoms with E-state index in [9.17, 15) is 0 Å². The Bertz CT molecular complexity index is 676. The van der Waals surface area contributed by atoms with Crippen molar-refractivity contribution in [3.05, 3.63) is 36.0 Å². The van der Waals surface area contributed by atoms with E-state index >= 15 is 0 Å². The van der Waals surface area contributed by atoms with Crippen LogP contribution < -0.4 is 5.32 Å². The van der Waals surface area contributed by atoms with Gasteiger partial charge in [-0.15, -0.1) is 0 Å². The van der Waals surface area contributed by atoms with Crippen molar-refractivity contribution in [2.24, 2.45) is 0 Å². The van der Waals surface area contributed by atoms with Gasteiger partial charge in [0.05, 0.1) is 11.1 Å². The molecule has 1 N–H and O–H groups in total. The van der Waals surface area contributed by atoms with Crippen LogP contribution in [0.1, 0.15) is 44.2 Å². The van der Waals surface area contributed by atoms with Crippen LogP contribution in [-0.2, 0) is 4.74 Å². The van der Waals surface area contributed by atoms with Gasteiger partial charge in [0.15, 0.2) is 0 Å². The number of fused-ring (bicyclic) bond motifs is 1. The van der Waals surface area contributed by atoms with Crippen molar-refractivity contribution in [2.75, 3.05) is 11.9 Å². The lowest BCUT2D eigenvalue weighted by molar-refractivity contribution is -0.0766. The van der Waals surface area contributed by atoms with Crippen LogP contribution in [-0.4, -0.2) is 23.2 Å². The van der Waals surface area contributed by atoms with Gasteiger partial charge in [0, 0.05) is 29.4 Å². The molecule has 2 heterocycles. The van der Waals surface area contributed by atoms with Crippen LogP contribution in [0.2, 0.25) is 0 Å². The third-order valence-electron chi connectivity index (χ3n) is 5.21. The smallest absolute Gasteiger partial charge is 0.0725 e. The van der Waals surface area contributed by atoms with Gasteiger partial charge in [0.1, 0.15) is 0 Å². The highest BCUT2D eigenvalue weighted by atomic mass is 16.5. The summed E-state index contributed by atoms with van der Waals surface area (Å²) in [7, 11) is 0. The largest absolute Gasteiger partial charge is 0.382 e. The highest BCUT2D eigenvalue weighted by molar-refractivity contribution is 5.91. The summed E-state index contributed by atoms with van der Waals surface area (Å²) in [6.45, 7) is 2.96. The van der Waals surface area contributed by atoms with E-state index in [0.29, 0.717) is 6.04 Å². The molecule has 1 aliphatic carbocycles. The first-order valence-corrected chi connectivity index (χ1v) is 8.51. The number of anilines is 1. The molecule has 1 spiro atoms. The van der Waals surface area contributed by atoms with Crippen LogP contribution in [0.5, 0.6) is 0 Å². The molecule has 3 nitrogen and oxygen atoms in total. The normalized spacial score (nSPS) is 24.0. The number of nitrogens with one attached hydrogen (secondary N) is 1. The standard InChI is InChI=1S/C19H24N2O/c1-14-12-18(16-6-2-3-7-17(16)20-14)21-15-8-11-22-19(13-15)9-4-5-10-19/h2-3,6-7,12,15H,4-5,8-11,13H2,1H3,(H,20,21). The first-order valence-electron chi connectivity index (χ1n) is 8.51. The van der Waals surface area contributed by atoms with E-state index in [1.807, 2.05) is 0 Å². The topological polar surface area (TPSA) is 34.1 Å². The highest BCUT2D eigenvalue weighted by Crippen LogP contribution is 2.41. The number of pyridine rings is 1. The Morgan fingerprint density at radius 3 is 2.91 bits per heavy atom. The monoisotopic (exact) mass is 296 g/mol. The van der Waals surface area contributed by atoms with Crippen molar-refractivity contribution in [3.8, 4) is 0 Å². The predicted molar refractivity (Wildman–Crippen MR) is 90.3 cm³/mol. The second kappa shape index (κ2) is 5.54. The SMILES string of the molecule is Cc1cc(NC2CCOC3(CCCC3)C2)c2ccccc2n1. The van der Waals surface area contributed by atoms with Gasteiger partial charge in [-0.1, -0.05) is 31.0 Å². The van der Waals surface area contributed by atoms with E-state index in [1.54, 1.807) is 0 Å². The number of hydrogen-bond donors (Lipinski definition) is 1. The molecule has 0 amide bonds. The molecule has 22 heavy (non-hydrogen) atoms. The molecule has 1 aromatic carbocycles. The summed E-state index contributed by atoms with van der Waals surface area (Å²) >= 11 is 0. The number of ether oxygens (including phenoxy) is 1. The quantitative estimate of drug-likeness (QED) is 0.889. The molecular weight excluding hydrogens is 272 g/mol. The highest BCUT2D eigenvalue weighted by Gasteiger charge is 2.39. The first-order chi connectivity index (χ1) is 10.7. The fraction of sp³-hybridized carbons (Fsp3) is 0.526. The third kappa shape index (κ3) is 2.58. The lowest BCUT2D eigenvalue weighted by atomic mass is 9.88. The number of nitrogens with zero attached hydrogens (tertiary/aromatic N) is 1. The van der Waals surface area contributed by atoms with Gasteiger partial charge in [0.2, 0.25) is 0 Å². The van der Waals surface area contributed by atoms with Crippen LogP contribution in [0.3, 0.4) is 0 Å². The van der Waals surface area contributed by atoms with Gasteiger partial charge >= 0.3 is 0 Å². The summed E-state index contributed by atoms with van der Waals surface area (Å²) in [6.07, 6.45) is 7.36. The number of aromatic nitrogens is 1. The van der Waals surface area contributed by atoms with Crippen LogP contribution in [0.25, 0.3) is 10.9 Å². The maximum atomic E-state index is 6.15. The molecule has 1 aromatic heterocycles. The van der Waals surface area contributed by atoms with E-state index in [2.05, 4.69) is 47.6 Å². The Morgan fingerprint density at radius 2 is 2.05 bits per heavy atom. The molecule has 3 heteroatoms. The minimum absolute atomic E-state index is 0.161. The number of rotatable bonds is 2. The Kier molecular flexibility index (Phi) is 3.53. The molecule has 1 saturated heterocycles.